The van der Waals surface area contributed by atoms with Crippen LogP contribution >= 0.6 is 23.7 Å². The minimum atomic E-state index is -0.330. The van der Waals surface area contributed by atoms with E-state index in [1.54, 1.807) is 12.1 Å². The molecule has 1 aliphatic rings. The second-order valence-corrected chi connectivity index (χ2v) is 7.76. The van der Waals surface area contributed by atoms with Crippen molar-refractivity contribution in [3.05, 3.63) is 41.2 Å². The molecule has 0 spiro atoms. The van der Waals surface area contributed by atoms with Gasteiger partial charge in [-0.3, -0.25) is 14.6 Å². The summed E-state index contributed by atoms with van der Waals surface area (Å²) < 4.78 is 13.1. The maximum atomic E-state index is 13.1. The molecule has 1 amide bonds. The van der Waals surface area contributed by atoms with Gasteiger partial charge < -0.3 is 5.73 Å². The molecule has 1 unspecified atom stereocenters. The number of benzene rings is 1. The number of likely N-dealkylation sites (tertiary alicyclic amines) is 1. The summed E-state index contributed by atoms with van der Waals surface area (Å²) >= 11 is 1.42. The molecule has 8 heteroatoms. The molecule has 0 bridgehead atoms. The van der Waals surface area contributed by atoms with E-state index in [-0.39, 0.29) is 29.5 Å². The SMILES string of the molecule is CC(=O)N(c1ccc(F)cc1)c1nc(CN2CCC(C)(CN)C2)cs1.Cl. The Kier molecular flexibility index (Phi) is 6.74. The summed E-state index contributed by atoms with van der Waals surface area (Å²) in [6, 6.07) is 5.87. The van der Waals surface area contributed by atoms with Crippen molar-refractivity contribution in [1.82, 2.24) is 9.88 Å². The Morgan fingerprint density at radius 2 is 2.12 bits per heavy atom. The molecule has 2 N–H and O–H groups in total. The third-order valence-electron chi connectivity index (χ3n) is 4.65. The fraction of sp³-hybridized carbons (Fsp3) is 0.444. The van der Waals surface area contributed by atoms with Gasteiger partial charge in [0.25, 0.3) is 0 Å². The normalized spacial score (nSPS) is 20.0. The second-order valence-electron chi connectivity index (χ2n) is 6.93. The number of rotatable bonds is 5. The van der Waals surface area contributed by atoms with E-state index in [1.807, 2.05) is 5.38 Å². The van der Waals surface area contributed by atoms with Gasteiger partial charge in [-0.2, -0.15) is 0 Å². The number of carbonyl (C=O) groups is 1. The van der Waals surface area contributed by atoms with E-state index < -0.39 is 0 Å². The lowest BCUT2D eigenvalue weighted by Crippen LogP contribution is -2.31. The van der Waals surface area contributed by atoms with Crippen LogP contribution < -0.4 is 10.6 Å². The number of carbonyl (C=O) groups excluding carboxylic acids is 1. The van der Waals surface area contributed by atoms with Crippen LogP contribution in [0, 0.1) is 11.2 Å². The van der Waals surface area contributed by atoms with E-state index in [9.17, 15) is 9.18 Å². The molecule has 5 nitrogen and oxygen atoms in total. The molecule has 2 aromatic rings. The number of amides is 1. The van der Waals surface area contributed by atoms with E-state index in [0.717, 1.165) is 31.7 Å². The van der Waals surface area contributed by atoms with Crippen molar-refractivity contribution in [2.75, 3.05) is 24.5 Å². The number of hydrogen-bond donors (Lipinski definition) is 1. The van der Waals surface area contributed by atoms with E-state index >= 15 is 0 Å². The first kappa shape index (κ1) is 20.8. The van der Waals surface area contributed by atoms with E-state index in [0.29, 0.717) is 17.4 Å². The Labute approximate surface area is 163 Å². The van der Waals surface area contributed by atoms with E-state index in [4.69, 9.17) is 5.73 Å². The fourth-order valence-corrected chi connectivity index (χ4v) is 4.02. The van der Waals surface area contributed by atoms with Crippen molar-refractivity contribution >= 4 is 40.5 Å². The first-order valence-electron chi connectivity index (χ1n) is 8.33. The topological polar surface area (TPSA) is 62.5 Å². The van der Waals surface area contributed by atoms with Crippen molar-refractivity contribution in [3.63, 3.8) is 0 Å². The summed E-state index contributed by atoms with van der Waals surface area (Å²) in [6.07, 6.45) is 1.09. The summed E-state index contributed by atoms with van der Waals surface area (Å²) in [5, 5.41) is 2.59. The molecule has 142 valence electrons. The first-order chi connectivity index (χ1) is 11.9. The molecule has 1 atom stereocenters. The van der Waals surface area contributed by atoms with Crippen molar-refractivity contribution < 1.29 is 9.18 Å². The Hall–Kier alpha value is -1.54. The van der Waals surface area contributed by atoms with Crippen LogP contribution in [0.3, 0.4) is 0 Å². The number of aromatic nitrogens is 1. The van der Waals surface area contributed by atoms with Gasteiger partial charge >= 0.3 is 0 Å². The standard InChI is InChI=1S/C18H23FN4OS.ClH/c1-13(24)23(16-5-3-14(19)4-6-16)17-21-15(10-25-17)9-22-8-7-18(2,11-20)12-22;/h3-6,10H,7-9,11-12,20H2,1-2H3;1H. The molecule has 0 saturated carbocycles. The number of halogens is 2. The molecule has 1 aliphatic heterocycles. The van der Waals surface area contributed by atoms with Gasteiger partial charge in [0.1, 0.15) is 5.82 Å². The summed E-state index contributed by atoms with van der Waals surface area (Å²) in [5.41, 5.74) is 7.60. The van der Waals surface area contributed by atoms with Crippen LogP contribution in [-0.4, -0.2) is 35.4 Å². The van der Waals surface area contributed by atoms with Gasteiger partial charge in [0.05, 0.1) is 11.4 Å². The largest absolute Gasteiger partial charge is 0.330 e. The Morgan fingerprint density at radius 1 is 1.42 bits per heavy atom. The van der Waals surface area contributed by atoms with Gasteiger partial charge in [0, 0.05) is 25.4 Å². The number of anilines is 2. The number of nitrogens with zero attached hydrogens (tertiary/aromatic N) is 3. The first-order valence-corrected chi connectivity index (χ1v) is 9.21. The van der Waals surface area contributed by atoms with Gasteiger partial charge in [-0.15, -0.1) is 23.7 Å². The van der Waals surface area contributed by atoms with Crippen LogP contribution in [0.5, 0.6) is 0 Å². The van der Waals surface area contributed by atoms with Crippen LogP contribution in [0.2, 0.25) is 0 Å². The zero-order valence-corrected chi connectivity index (χ0v) is 16.6. The molecule has 2 heterocycles. The Bertz CT molecular complexity index is 754. The lowest BCUT2D eigenvalue weighted by atomic mass is 9.90. The minimum absolute atomic E-state index is 0. The average molecular weight is 399 g/mol. The zero-order valence-electron chi connectivity index (χ0n) is 14.9. The lowest BCUT2D eigenvalue weighted by molar-refractivity contribution is -0.115. The summed E-state index contributed by atoms with van der Waals surface area (Å²) in [7, 11) is 0. The molecule has 1 aromatic carbocycles. The van der Waals surface area contributed by atoms with E-state index in [2.05, 4.69) is 16.8 Å². The van der Waals surface area contributed by atoms with Gasteiger partial charge in [0.2, 0.25) is 5.91 Å². The highest BCUT2D eigenvalue weighted by molar-refractivity contribution is 7.14. The molecule has 3 rings (SSSR count). The second kappa shape index (κ2) is 8.43. The minimum Gasteiger partial charge on any atom is -0.330 e. The predicted octanol–water partition coefficient (Wildman–Crippen LogP) is 3.56. The van der Waals surface area contributed by atoms with Crippen LogP contribution in [0.1, 0.15) is 26.0 Å². The molecule has 1 aromatic heterocycles. The molecule has 1 saturated heterocycles. The molecular formula is C18H24ClFN4OS. The fourth-order valence-electron chi connectivity index (χ4n) is 3.15. The molecule has 1 fully saturated rings. The highest BCUT2D eigenvalue weighted by Gasteiger charge is 2.32. The third-order valence-corrected chi connectivity index (χ3v) is 5.52. The van der Waals surface area contributed by atoms with Crippen LogP contribution in [0.25, 0.3) is 0 Å². The molecular weight excluding hydrogens is 375 g/mol. The average Bonchev–Trinajstić information content (AvgIpc) is 3.17. The summed E-state index contributed by atoms with van der Waals surface area (Å²) in [6.45, 7) is 7.11. The summed E-state index contributed by atoms with van der Waals surface area (Å²) in [4.78, 5) is 20.6. The number of hydrogen-bond acceptors (Lipinski definition) is 5. The Balaban J connectivity index is 0.00000243. The van der Waals surface area contributed by atoms with E-state index in [1.165, 1.54) is 35.3 Å². The molecule has 0 radical (unpaired) electrons. The number of thiazole rings is 1. The van der Waals surface area contributed by atoms with Crippen LogP contribution in [-0.2, 0) is 11.3 Å². The zero-order chi connectivity index (χ0) is 18.0. The lowest BCUT2D eigenvalue weighted by Gasteiger charge is -2.22. The van der Waals surface area contributed by atoms with Gasteiger partial charge in [0.15, 0.2) is 5.13 Å². The highest BCUT2D eigenvalue weighted by atomic mass is 35.5. The van der Waals surface area contributed by atoms with Gasteiger partial charge in [-0.1, -0.05) is 6.92 Å². The van der Waals surface area contributed by atoms with Crippen LogP contribution in [0.4, 0.5) is 15.2 Å². The quantitative estimate of drug-likeness (QED) is 0.836. The maximum Gasteiger partial charge on any atom is 0.230 e. The predicted molar refractivity (Wildman–Crippen MR) is 106 cm³/mol. The van der Waals surface area contributed by atoms with Crippen molar-refractivity contribution in [1.29, 1.82) is 0 Å². The van der Waals surface area contributed by atoms with Gasteiger partial charge in [-0.25, -0.2) is 9.37 Å². The van der Waals surface area contributed by atoms with Crippen molar-refractivity contribution in [3.8, 4) is 0 Å². The molecule has 26 heavy (non-hydrogen) atoms. The number of nitrogens with two attached hydrogens (primary N) is 1. The Morgan fingerprint density at radius 3 is 2.69 bits per heavy atom. The monoisotopic (exact) mass is 398 g/mol. The van der Waals surface area contributed by atoms with Crippen LogP contribution in [0.15, 0.2) is 29.6 Å². The van der Waals surface area contributed by atoms with Crippen molar-refractivity contribution in [2.24, 2.45) is 11.1 Å². The maximum absolute atomic E-state index is 13.1. The third kappa shape index (κ3) is 4.59. The van der Waals surface area contributed by atoms with Crippen molar-refractivity contribution in [2.45, 2.75) is 26.8 Å². The summed E-state index contributed by atoms with van der Waals surface area (Å²) in [5.74, 6) is -0.478. The highest BCUT2D eigenvalue weighted by Crippen LogP contribution is 2.32. The smallest absolute Gasteiger partial charge is 0.230 e. The molecule has 0 aliphatic carbocycles. The van der Waals surface area contributed by atoms with Gasteiger partial charge in [-0.05, 0) is 49.2 Å².